The first-order chi connectivity index (χ1) is 11.6. The van der Waals surface area contributed by atoms with Crippen LogP contribution in [-0.2, 0) is 0 Å². The van der Waals surface area contributed by atoms with Crippen LogP contribution in [0.1, 0.15) is 15.2 Å². The smallest absolute Gasteiger partial charge is 0.208 e. The van der Waals surface area contributed by atoms with Gasteiger partial charge in [0.05, 0.1) is 17.8 Å². The number of nitrogen functional groups attached to an aromatic ring is 1. The summed E-state index contributed by atoms with van der Waals surface area (Å²) in [5.74, 6) is 0.594. The summed E-state index contributed by atoms with van der Waals surface area (Å²) < 4.78 is 5.29. The molecule has 0 unspecified atom stereocenters. The molecule has 0 aliphatic carbocycles. The monoisotopic (exact) mass is 359 g/mol. The minimum Gasteiger partial charge on any atom is -0.495 e. The second-order valence-electron chi connectivity index (χ2n) is 4.87. The fourth-order valence-corrected chi connectivity index (χ4v) is 3.25. The topological polar surface area (TPSA) is 77.2 Å². The number of nitrogens with zero attached hydrogens (tertiary/aromatic N) is 1. The molecule has 0 bridgehead atoms. The SMILES string of the molecule is COc1ccccc1Nc1nc(N)c(C(=O)c2ccccc2Cl)s1. The number of rotatable bonds is 5. The minimum atomic E-state index is -0.247. The molecule has 5 nitrogen and oxygen atoms in total. The Morgan fingerprint density at radius 1 is 1.21 bits per heavy atom. The molecular formula is C17H14ClN3O2S. The maximum Gasteiger partial charge on any atom is 0.208 e. The van der Waals surface area contributed by atoms with Crippen molar-refractivity contribution in [2.24, 2.45) is 0 Å². The number of carbonyl (C=O) groups is 1. The predicted octanol–water partition coefficient (Wildman–Crippen LogP) is 4.36. The van der Waals surface area contributed by atoms with Gasteiger partial charge in [-0.05, 0) is 24.3 Å². The number of aromatic nitrogens is 1. The molecular weight excluding hydrogens is 346 g/mol. The molecule has 3 aromatic rings. The number of methoxy groups -OCH3 is 1. The largest absolute Gasteiger partial charge is 0.495 e. The van der Waals surface area contributed by atoms with Gasteiger partial charge in [-0.2, -0.15) is 0 Å². The number of nitrogens with one attached hydrogen (secondary N) is 1. The number of hydrogen-bond acceptors (Lipinski definition) is 6. The van der Waals surface area contributed by atoms with E-state index in [-0.39, 0.29) is 11.6 Å². The Morgan fingerprint density at radius 3 is 2.67 bits per heavy atom. The van der Waals surface area contributed by atoms with E-state index in [1.165, 1.54) is 11.3 Å². The van der Waals surface area contributed by atoms with Crippen molar-refractivity contribution in [3.05, 3.63) is 64.0 Å². The lowest BCUT2D eigenvalue weighted by atomic mass is 10.1. The van der Waals surface area contributed by atoms with Crippen LogP contribution in [0.2, 0.25) is 5.02 Å². The van der Waals surface area contributed by atoms with Gasteiger partial charge in [0.1, 0.15) is 16.4 Å². The van der Waals surface area contributed by atoms with Crippen molar-refractivity contribution < 1.29 is 9.53 Å². The molecule has 0 aliphatic heterocycles. The van der Waals surface area contributed by atoms with Crippen LogP contribution in [0.15, 0.2) is 48.5 Å². The number of carbonyl (C=O) groups excluding carboxylic acids is 1. The molecule has 24 heavy (non-hydrogen) atoms. The summed E-state index contributed by atoms with van der Waals surface area (Å²) in [6, 6.07) is 14.3. The van der Waals surface area contributed by atoms with Gasteiger partial charge in [0, 0.05) is 5.56 Å². The third-order valence-corrected chi connectivity index (χ3v) is 4.64. The molecule has 0 radical (unpaired) electrons. The summed E-state index contributed by atoms with van der Waals surface area (Å²) in [6.45, 7) is 0. The Hall–Kier alpha value is -2.57. The fraction of sp³-hybridized carbons (Fsp3) is 0.0588. The summed E-state index contributed by atoms with van der Waals surface area (Å²) in [4.78, 5) is 17.2. The number of thiazole rings is 1. The summed E-state index contributed by atoms with van der Waals surface area (Å²) in [5, 5.41) is 4.01. The van der Waals surface area contributed by atoms with Crippen LogP contribution in [-0.4, -0.2) is 17.9 Å². The highest BCUT2D eigenvalue weighted by Crippen LogP contribution is 2.33. The number of ketones is 1. The minimum absolute atomic E-state index is 0.169. The molecule has 0 aliphatic rings. The first kappa shape index (κ1) is 16.3. The second kappa shape index (κ2) is 6.90. The maximum atomic E-state index is 12.6. The summed E-state index contributed by atoms with van der Waals surface area (Å²) in [5.41, 5.74) is 7.06. The number of benzene rings is 2. The zero-order chi connectivity index (χ0) is 17.1. The lowest BCUT2D eigenvalue weighted by Crippen LogP contribution is -2.03. The normalized spacial score (nSPS) is 10.4. The highest BCUT2D eigenvalue weighted by atomic mass is 35.5. The van der Waals surface area contributed by atoms with Crippen LogP contribution in [0.4, 0.5) is 16.6 Å². The molecule has 1 aromatic heterocycles. The average Bonchev–Trinajstić information content (AvgIpc) is 2.95. The van der Waals surface area contributed by atoms with Crippen LogP contribution in [0.25, 0.3) is 0 Å². The maximum absolute atomic E-state index is 12.6. The van der Waals surface area contributed by atoms with Gasteiger partial charge in [-0.25, -0.2) is 4.98 Å². The summed E-state index contributed by atoms with van der Waals surface area (Å²) in [7, 11) is 1.59. The predicted molar refractivity (Wildman–Crippen MR) is 97.7 cm³/mol. The van der Waals surface area contributed by atoms with E-state index in [0.29, 0.717) is 26.3 Å². The van der Waals surface area contributed by atoms with E-state index in [1.54, 1.807) is 31.4 Å². The molecule has 0 fully saturated rings. The van der Waals surface area contributed by atoms with Gasteiger partial charge in [0.25, 0.3) is 0 Å². The number of hydrogen-bond donors (Lipinski definition) is 2. The number of ether oxygens (including phenoxy) is 1. The van der Waals surface area contributed by atoms with Gasteiger partial charge in [-0.3, -0.25) is 4.79 Å². The van der Waals surface area contributed by atoms with Gasteiger partial charge >= 0.3 is 0 Å². The van der Waals surface area contributed by atoms with E-state index in [1.807, 2.05) is 24.3 Å². The highest BCUT2D eigenvalue weighted by Gasteiger charge is 2.20. The van der Waals surface area contributed by atoms with Gasteiger partial charge in [0.2, 0.25) is 5.78 Å². The Bertz CT molecular complexity index is 895. The molecule has 0 saturated carbocycles. The van der Waals surface area contributed by atoms with Crippen molar-refractivity contribution in [2.75, 3.05) is 18.2 Å². The highest BCUT2D eigenvalue weighted by molar-refractivity contribution is 7.18. The molecule has 7 heteroatoms. The summed E-state index contributed by atoms with van der Waals surface area (Å²) >= 11 is 7.26. The van der Waals surface area contributed by atoms with Crippen molar-refractivity contribution in [2.45, 2.75) is 0 Å². The van der Waals surface area contributed by atoms with Crippen LogP contribution in [0.3, 0.4) is 0 Å². The van der Waals surface area contributed by atoms with Crippen molar-refractivity contribution in [3.63, 3.8) is 0 Å². The van der Waals surface area contributed by atoms with E-state index >= 15 is 0 Å². The lowest BCUT2D eigenvalue weighted by molar-refractivity contribution is 0.104. The van der Waals surface area contributed by atoms with Gasteiger partial charge in [-0.15, -0.1) is 0 Å². The molecule has 0 amide bonds. The number of halogens is 1. The first-order valence-corrected chi connectivity index (χ1v) is 8.25. The Morgan fingerprint density at radius 2 is 1.92 bits per heavy atom. The van der Waals surface area contributed by atoms with E-state index in [4.69, 9.17) is 22.1 Å². The molecule has 0 saturated heterocycles. The van der Waals surface area contributed by atoms with Gasteiger partial charge in [0.15, 0.2) is 5.13 Å². The number of anilines is 3. The molecule has 0 atom stereocenters. The van der Waals surface area contributed by atoms with E-state index in [9.17, 15) is 4.79 Å². The van der Waals surface area contributed by atoms with Crippen LogP contribution in [0, 0.1) is 0 Å². The van der Waals surface area contributed by atoms with Crippen LogP contribution < -0.4 is 15.8 Å². The van der Waals surface area contributed by atoms with E-state index < -0.39 is 0 Å². The van der Waals surface area contributed by atoms with Crippen LogP contribution >= 0.6 is 22.9 Å². The standard InChI is InChI=1S/C17H14ClN3O2S/c1-23-13-9-5-4-8-12(13)20-17-21-16(19)15(24-17)14(22)10-6-2-3-7-11(10)18/h2-9H,19H2,1H3,(H,20,21). The van der Waals surface area contributed by atoms with Crippen molar-refractivity contribution in [3.8, 4) is 5.75 Å². The van der Waals surface area contributed by atoms with E-state index in [2.05, 4.69) is 10.3 Å². The Labute approximate surface area is 148 Å². The Balaban J connectivity index is 1.91. The lowest BCUT2D eigenvalue weighted by Gasteiger charge is -2.07. The number of nitrogens with two attached hydrogens (primary N) is 1. The Kier molecular flexibility index (Phi) is 4.69. The van der Waals surface area contributed by atoms with E-state index in [0.717, 1.165) is 5.69 Å². The molecule has 3 N–H and O–H groups in total. The molecule has 3 rings (SSSR count). The average molecular weight is 360 g/mol. The molecule has 0 spiro atoms. The van der Waals surface area contributed by atoms with Gasteiger partial charge in [-0.1, -0.05) is 47.2 Å². The third-order valence-electron chi connectivity index (χ3n) is 3.33. The second-order valence-corrected chi connectivity index (χ2v) is 6.27. The van der Waals surface area contributed by atoms with Crippen molar-refractivity contribution >= 4 is 45.4 Å². The van der Waals surface area contributed by atoms with Crippen molar-refractivity contribution in [1.82, 2.24) is 4.98 Å². The van der Waals surface area contributed by atoms with Crippen LogP contribution in [0.5, 0.6) is 5.75 Å². The number of para-hydroxylation sites is 2. The third kappa shape index (κ3) is 3.20. The zero-order valence-corrected chi connectivity index (χ0v) is 14.3. The fourth-order valence-electron chi connectivity index (χ4n) is 2.18. The first-order valence-electron chi connectivity index (χ1n) is 7.05. The quantitative estimate of drug-likeness (QED) is 0.662. The molecule has 2 aromatic carbocycles. The molecule has 1 heterocycles. The summed E-state index contributed by atoms with van der Waals surface area (Å²) in [6.07, 6.45) is 0. The molecule has 122 valence electrons. The van der Waals surface area contributed by atoms with Crippen molar-refractivity contribution in [1.29, 1.82) is 0 Å². The van der Waals surface area contributed by atoms with Gasteiger partial charge < -0.3 is 15.8 Å². The zero-order valence-electron chi connectivity index (χ0n) is 12.7.